The molecule has 0 bridgehead atoms. The van der Waals surface area contributed by atoms with E-state index in [1.54, 1.807) is 0 Å². The van der Waals surface area contributed by atoms with Crippen LogP contribution in [-0.4, -0.2) is 25.5 Å². The van der Waals surface area contributed by atoms with Crippen LogP contribution >= 0.6 is 11.6 Å². The van der Waals surface area contributed by atoms with Gasteiger partial charge in [-0.25, -0.2) is 0 Å². The number of nitrogens with two attached hydrogens (primary N) is 1. The third-order valence-electron chi connectivity index (χ3n) is 2.99. The van der Waals surface area contributed by atoms with E-state index in [4.69, 9.17) is 17.3 Å². The Bertz CT molecular complexity index is 332. The summed E-state index contributed by atoms with van der Waals surface area (Å²) in [6.07, 6.45) is 0. The molecule has 3 heteroatoms. The van der Waals surface area contributed by atoms with Crippen molar-refractivity contribution in [2.24, 2.45) is 11.7 Å². The quantitative estimate of drug-likeness (QED) is 0.877. The maximum absolute atomic E-state index is 6.53. The van der Waals surface area contributed by atoms with Gasteiger partial charge in [0.2, 0.25) is 0 Å². The van der Waals surface area contributed by atoms with Gasteiger partial charge in [-0.15, -0.1) is 0 Å². The summed E-state index contributed by atoms with van der Waals surface area (Å²) < 4.78 is 0. The summed E-state index contributed by atoms with van der Waals surface area (Å²) in [7, 11) is 4.08. The lowest BCUT2D eigenvalue weighted by Crippen LogP contribution is -2.49. The van der Waals surface area contributed by atoms with Gasteiger partial charge >= 0.3 is 0 Å². The smallest absolute Gasteiger partial charge is 0.0561 e. The molecule has 1 atom stereocenters. The van der Waals surface area contributed by atoms with E-state index in [-0.39, 0.29) is 5.54 Å². The highest BCUT2D eigenvalue weighted by molar-refractivity contribution is 6.30. The number of rotatable bonds is 4. The zero-order valence-corrected chi connectivity index (χ0v) is 11.3. The van der Waals surface area contributed by atoms with Crippen molar-refractivity contribution in [3.05, 3.63) is 34.9 Å². The van der Waals surface area contributed by atoms with Crippen LogP contribution < -0.4 is 5.73 Å². The van der Waals surface area contributed by atoms with Gasteiger partial charge in [0, 0.05) is 11.6 Å². The predicted octanol–water partition coefficient (Wildman–Crippen LogP) is 2.71. The Kier molecular flexibility index (Phi) is 4.36. The Morgan fingerprint density at radius 3 is 2.12 bits per heavy atom. The van der Waals surface area contributed by atoms with E-state index in [1.165, 1.54) is 0 Å². The average Bonchev–Trinajstić information content (AvgIpc) is 2.17. The number of hydrogen-bond donors (Lipinski definition) is 1. The second-order valence-corrected chi connectivity index (χ2v) is 5.38. The molecule has 0 amide bonds. The molecule has 90 valence electrons. The van der Waals surface area contributed by atoms with E-state index in [1.807, 2.05) is 38.4 Å². The summed E-state index contributed by atoms with van der Waals surface area (Å²) in [6, 6.07) is 7.84. The average molecular weight is 241 g/mol. The van der Waals surface area contributed by atoms with E-state index < -0.39 is 0 Å². The van der Waals surface area contributed by atoms with Gasteiger partial charge in [0.05, 0.1) is 5.54 Å². The topological polar surface area (TPSA) is 29.3 Å². The van der Waals surface area contributed by atoms with Gasteiger partial charge in [0.1, 0.15) is 0 Å². The first kappa shape index (κ1) is 13.5. The Balaban J connectivity index is 3.06. The molecule has 0 saturated carbocycles. The van der Waals surface area contributed by atoms with Crippen molar-refractivity contribution in [3.8, 4) is 0 Å². The first-order valence-electron chi connectivity index (χ1n) is 5.56. The normalized spacial score (nSPS) is 15.5. The van der Waals surface area contributed by atoms with E-state index in [9.17, 15) is 0 Å². The molecule has 16 heavy (non-hydrogen) atoms. The van der Waals surface area contributed by atoms with Gasteiger partial charge < -0.3 is 10.6 Å². The van der Waals surface area contributed by atoms with Crippen molar-refractivity contribution in [2.75, 3.05) is 20.6 Å². The lowest BCUT2D eigenvalue weighted by molar-refractivity contribution is 0.224. The molecule has 0 aliphatic carbocycles. The molecule has 2 N–H and O–H groups in total. The minimum absolute atomic E-state index is 0.325. The van der Waals surface area contributed by atoms with Crippen molar-refractivity contribution < 1.29 is 0 Å². The van der Waals surface area contributed by atoms with Crippen LogP contribution in [0.15, 0.2) is 24.3 Å². The summed E-state index contributed by atoms with van der Waals surface area (Å²) in [6.45, 7) is 5.13. The highest BCUT2D eigenvalue weighted by Crippen LogP contribution is 2.28. The largest absolute Gasteiger partial charge is 0.320 e. The number of benzene rings is 1. The van der Waals surface area contributed by atoms with Crippen LogP contribution in [0.2, 0.25) is 5.02 Å². The maximum atomic E-state index is 6.53. The van der Waals surface area contributed by atoms with E-state index >= 15 is 0 Å². The molecule has 0 aliphatic heterocycles. The molecule has 0 radical (unpaired) electrons. The maximum Gasteiger partial charge on any atom is 0.0561 e. The van der Waals surface area contributed by atoms with Crippen LogP contribution in [0.1, 0.15) is 19.4 Å². The Labute approximate surface area is 103 Å². The minimum atomic E-state index is -0.325. The molecule has 1 aromatic carbocycles. The van der Waals surface area contributed by atoms with Crippen molar-refractivity contribution in [3.63, 3.8) is 0 Å². The Hall–Kier alpha value is -0.570. The number of halogens is 1. The molecule has 0 spiro atoms. The Morgan fingerprint density at radius 1 is 1.25 bits per heavy atom. The van der Waals surface area contributed by atoms with Crippen LogP contribution in [0.4, 0.5) is 0 Å². The fourth-order valence-electron chi connectivity index (χ4n) is 1.89. The van der Waals surface area contributed by atoms with Crippen LogP contribution in [0.5, 0.6) is 0 Å². The van der Waals surface area contributed by atoms with Crippen molar-refractivity contribution in [2.45, 2.75) is 19.4 Å². The molecular formula is C13H21ClN2. The highest BCUT2D eigenvalue weighted by atomic mass is 35.5. The predicted molar refractivity (Wildman–Crippen MR) is 70.7 cm³/mol. The molecule has 1 rings (SSSR count). The lowest BCUT2D eigenvalue weighted by Gasteiger charge is -2.36. The lowest BCUT2D eigenvalue weighted by atomic mass is 9.80. The molecule has 0 aliphatic rings. The van der Waals surface area contributed by atoms with Gasteiger partial charge in [-0.1, -0.05) is 37.6 Å². The van der Waals surface area contributed by atoms with Crippen molar-refractivity contribution in [1.82, 2.24) is 4.90 Å². The van der Waals surface area contributed by atoms with Gasteiger partial charge in [-0.05, 0) is 37.7 Å². The second kappa shape index (κ2) is 5.17. The van der Waals surface area contributed by atoms with Gasteiger partial charge in [0.15, 0.2) is 0 Å². The minimum Gasteiger partial charge on any atom is -0.320 e. The van der Waals surface area contributed by atoms with Crippen LogP contribution in [0.25, 0.3) is 0 Å². The number of hydrogen-bond acceptors (Lipinski definition) is 2. The van der Waals surface area contributed by atoms with Gasteiger partial charge in [0.25, 0.3) is 0 Å². The van der Waals surface area contributed by atoms with Gasteiger partial charge in [-0.2, -0.15) is 0 Å². The fourth-order valence-corrected chi connectivity index (χ4v) is 2.02. The van der Waals surface area contributed by atoms with Crippen LogP contribution in [0.3, 0.4) is 0 Å². The Morgan fingerprint density at radius 2 is 1.75 bits per heavy atom. The summed E-state index contributed by atoms with van der Waals surface area (Å²) in [5.74, 6) is 0.371. The van der Waals surface area contributed by atoms with Gasteiger partial charge in [-0.3, -0.25) is 0 Å². The zero-order chi connectivity index (χ0) is 12.3. The first-order chi connectivity index (χ1) is 7.36. The summed E-state index contributed by atoms with van der Waals surface area (Å²) in [5.41, 5.74) is 7.34. The molecular weight excluding hydrogens is 220 g/mol. The molecule has 1 aromatic rings. The highest BCUT2D eigenvalue weighted by Gasteiger charge is 2.31. The van der Waals surface area contributed by atoms with Crippen LogP contribution in [0, 0.1) is 5.92 Å². The molecule has 0 heterocycles. The van der Waals surface area contributed by atoms with Crippen molar-refractivity contribution >= 4 is 11.6 Å². The van der Waals surface area contributed by atoms with E-state index in [0.29, 0.717) is 5.92 Å². The molecule has 1 unspecified atom stereocenters. The standard InChI is InChI=1S/C13H21ClN2/c1-10(2)13(15,9-16(3)4)11-5-7-12(14)8-6-11/h5-8,10H,9,15H2,1-4H3. The van der Waals surface area contributed by atoms with E-state index in [2.05, 4.69) is 18.7 Å². The fraction of sp³-hybridized carbons (Fsp3) is 0.538. The third kappa shape index (κ3) is 2.97. The molecule has 0 fully saturated rings. The zero-order valence-electron chi connectivity index (χ0n) is 10.5. The van der Waals surface area contributed by atoms with E-state index in [0.717, 1.165) is 17.1 Å². The summed E-state index contributed by atoms with van der Waals surface area (Å²) >= 11 is 5.90. The molecule has 0 saturated heterocycles. The summed E-state index contributed by atoms with van der Waals surface area (Å²) in [5, 5.41) is 0.750. The summed E-state index contributed by atoms with van der Waals surface area (Å²) in [4.78, 5) is 2.12. The van der Waals surface area contributed by atoms with Crippen LogP contribution in [-0.2, 0) is 5.54 Å². The third-order valence-corrected chi connectivity index (χ3v) is 3.24. The molecule has 0 aromatic heterocycles. The second-order valence-electron chi connectivity index (χ2n) is 4.94. The first-order valence-corrected chi connectivity index (χ1v) is 5.93. The number of nitrogens with zero attached hydrogens (tertiary/aromatic N) is 1. The monoisotopic (exact) mass is 240 g/mol. The SMILES string of the molecule is CC(C)C(N)(CN(C)C)c1ccc(Cl)cc1. The number of likely N-dealkylation sites (N-methyl/N-ethyl adjacent to an activating group) is 1. The molecule has 2 nitrogen and oxygen atoms in total. The van der Waals surface area contributed by atoms with Crippen molar-refractivity contribution in [1.29, 1.82) is 0 Å².